The maximum atomic E-state index is 3.64. The van der Waals surface area contributed by atoms with E-state index in [0.29, 0.717) is 0 Å². The minimum atomic E-state index is 0.265. The van der Waals surface area contributed by atoms with Gasteiger partial charge in [-0.05, 0) is 52.0 Å². The van der Waals surface area contributed by atoms with Crippen molar-refractivity contribution in [3.8, 4) is 0 Å². The maximum Gasteiger partial charge on any atom is 0.00966 e. The Balaban J connectivity index is 3.89. The molecule has 0 aromatic carbocycles. The molecule has 0 aliphatic rings. The molecule has 0 saturated heterocycles. The highest BCUT2D eigenvalue weighted by Crippen LogP contribution is 2.18. The SMILES string of the molecule is CCCCC(CNC(C)(C)C)CC(C)C. The summed E-state index contributed by atoms with van der Waals surface area (Å²) in [6.07, 6.45) is 5.45. The maximum absolute atomic E-state index is 3.64. The summed E-state index contributed by atoms with van der Waals surface area (Å²) in [6, 6.07) is 0. The van der Waals surface area contributed by atoms with Gasteiger partial charge in [0.15, 0.2) is 0 Å². The van der Waals surface area contributed by atoms with Crippen molar-refractivity contribution < 1.29 is 0 Å². The fraction of sp³-hybridized carbons (Fsp3) is 1.00. The van der Waals surface area contributed by atoms with Crippen LogP contribution in [0.3, 0.4) is 0 Å². The van der Waals surface area contributed by atoms with Crippen LogP contribution in [-0.4, -0.2) is 12.1 Å². The Kier molecular flexibility index (Phi) is 7.25. The Bertz CT molecular complexity index is 144. The van der Waals surface area contributed by atoms with E-state index in [1.54, 1.807) is 0 Å². The standard InChI is InChI=1S/C14H31N/c1-7-8-9-13(10-12(2)3)11-15-14(4,5)6/h12-13,15H,7-11H2,1-6H3. The minimum Gasteiger partial charge on any atom is -0.312 e. The van der Waals surface area contributed by atoms with Crippen molar-refractivity contribution in [1.29, 1.82) is 0 Å². The zero-order valence-electron chi connectivity index (χ0n) is 11.7. The lowest BCUT2D eigenvalue weighted by atomic mass is 9.91. The van der Waals surface area contributed by atoms with Crippen LogP contribution in [0.15, 0.2) is 0 Å². The lowest BCUT2D eigenvalue weighted by molar-refractivity contribution is 0.314. The van der Waals surface area contributed by atoms with E-state index < -0.39 is 0 Å². The lowest BCUT2D eigenvalue weighted by Crippen LogP contribution is -2.39. The van der Waals surface area contributed by atoms with E-state index in [9.17, 15) is 0 Å². The van der Waals surface area contributed by atoms with Gasteiger partial charge in [-0.3, -0.25) is 0 Å². The van der Waals surface area contributed by atoms with Crippen molar-refractivity contribution in [2.45, 2.75) is 72.8 Å². The van der Waals surface area contributed by atoms with Crippen molar-refractivity contribution in [2.75, 3.05) is 6.54 Å². The molecule has 0 aliphatic carbocycles. The molecule has 92 valence electrons. The van der Waals surface area contributed by atoms with Crippen molar-refractivity contribution >= 4 is 0 Å². The quantitative estimate of drug-likeness (QED) is 0.667. The van der Waals surface area contributed by atoms with Crippen LogP contribution in [0.25, 0.3) is 0 Å². The molecule has 1 atom stereocenters. The normalized spacial score (nSPS) is 14.6. The van der Waals surface area contributed by atoms with Crippen LogP contribution in [0, 0.1) is 11.8 Å². The van der Waals surface area contributed by atoms with Gasteiger partial charge in [0.25, 0.3) is 0 Å². The fourth-order valence-electron chi connectivity index (χ4n) is 1.91. The van der Waals surface area contributed by atoms with Gasteiger partial charge in [0.1, 0.15) is 0 Å². The Morgan fingerprint density at radius 1 is 1.13 bits per heavy atom. The molecule has 1 nitrogen and oxygen atoms in total. The smallest absolute Gasteiger partial charge is 0.00966 e. The molecular weight excluding hydrogens is 182 g/mol. The molecular formula is C14H31N. The number of rotatable bonds is 7. The van der Waals surface area contributed by atoms with Gasteiger partial charge in [0, 0.05) is 5.54 Å². The second-order valence-electron chi connectivity index (χ2n) is 6.27. The number of hydrogen-bond donors (Lipinski definition) is 1. The molecule has 0 spiro atoms. The average Bonchev–Trinajstić information content (AvgIpc) is 2.07. The van der Waals surface area contributed by atoms with E-state index in [4.69, 9.17) is 0 Å². The van der Waals surface area contributed by atoms with Crippen molar-refractivity contribution in [3.63, 3.8) is 0 Å². The highest BCUT2D eigenvalue weighted by Gasteiger charge is 2.14. The molecule has 15 heavy (non-hydrogen) atoms. The number of nitrogens with one attached hydrogen (secondary N) is 1. The Morgan fingerprint density at radius 2 is 1.73 bits per heavy atom. The first kappa shape index (κ1) is 15.0. The molecule has 1 heteroatoms. The molecule has 0 rings (SSSR count). The molecule has 1 N–H and O–H groups in total. The Labute approximate surface area is 97.0 Å². The van der Waals surface area contributed by atoms with Crippen LogP contribution in [0.2, 0.25) is 0 Å². The van der Waals surface area contributed by atoms with Gasteiger partial charge >= 0.3 is 0 Å². The van der Waals surface area contributed by atoms with Gasteiger partial charge in [0.05, 0.1) is 0 Å². The molecule has 0 aromatic heterocycles. The monoisotopic (exact) mass is 213 g/mol. The van der Waals surface area contributed by atoms with Crippen LogP contribution in [0.1, 0.15) is 67.2 Å². The fourth-order valence-corrected chi connectivity index (χ4v) is 1.91. The van der Waals surface area contributed by atoms with Crippen LogP contribution < -0.4 is 5.32 Å². The average molecular weight is 213 g/mol. The zero-order chi connectivity index (χ0) is 11.9. The largest absolute Gasteiger partial charge is 0.312 e. The zero-order valence-corrected chi connectivity index (χ0v) is 11.7. The topological polar surface area (TPSA) is 12.0 Å². The summed E-state index contributed by atoms with van der Waals surface area (Å²) in [5, 5.41) is 3.64. The van der Waals surface area contributed by atoms with E-state index in [-0.39, 0.29) is 5.54 Å². The van der Waals surface area contributed by atoms with E-state index in [1.165, 1.54) is 32.2 Å². The van der Waals surface area contributed by atoms with Crippen molar-refractivity contribution in [3.05, 3.63) is 0 Å². The minimum absolute atomic E-state index is 0.265. The van der Waals surface area contributed by atoms with Gasteiger partial charge in [-0.25, -0.2) is 0 Å². The highest BCUT2D eigenvalue weighted by molar-refractivity contribution is 4.74. The van der Waals surface area contributed by atoms with Crippen molar-refractivity contribution in [1.82, 2.24) is 5.32 Å². The third-order valence-corrected chi connectivity index (χ3v) is 2.69. The van der Waals surface area contributed by atoms with Crippen molar-refractivity contribution in [2.24, 2.45) is 11.8 Å². The molecule has 0 radical (unpaired) electrons. The van der Waals surface area contributed by atoms with Gasteiger partial charge in [-0.15, -0.1) is 0 Å². The lowest BCUT2D eigenvalue weighted by Gasteiger charge is -2.26. The molecule has 1 unspecified atom stereocenters. The number of hydrogen-bond acceptors (Lipinski definition) is 1. The Hall–Kier alpha value is -0.0400. The predicted octanol–water partition coefficient (Wildman–Crippen LogP) is 4.23. The third kappa shape index (κ3) is 10.2. The van der Waals surface area contributed by atoms with E-state index in [1.807, 2.05) is 0 Å². The summed E-state index contributed by atoms with van der Waals surface area (Å²) in [6.45, 7) is 14.9. The van der Waals surface area contributed by atoms with E-state index >= 15 is 0 Å². The highest BCUT2D eigenvalue weighted by atomic mass is 14.9. The van der Waals surface area contributed by atoms with Gasteiger partial charge in [-0.2, -0.15) is 0 Å². The molecule has 0 aliphatic heterocycles. The predicted molar refractivity (Wildman–Crippen MR) is 70.2 cm³/mol. The summed E-state index contributed by atoms with van der Waals surface area (Å²) in [5.41, 5.74) is 0.265. The molecule has 0 bridgehead atoms. The van der Waals surface area contributed by atoms with Crippen LogP contribution in [0.5, 0.6) is 0 Å². The van der Waals surface area contributed by atoms with Gasteiger partial charge < -0.3 is 5.32 Å². The molecule has 0 fully saturated rings. The van der Waals surface area contributed by atoms with E-state index in [2.05, 4.69) is 46.9 Å². The molecule has 0 aromatic rings. The van der Waals surface area contributed by atoms with Crippen LogP contribution >= 0.6 is 0 Å². The molecule has 0 saturated carbocycles. The second-order valence-corrected chi connectivity index (χ2v) is 6.27. The summed E-state index contributed by atoms with van der Waals surface area (Å²) in [7, 11) is 0. The first-order valence-electron chi connectivity index (χ1n) is 6.60. The summed E-state index contributed by atoms with van der Waals surface area (Å²) >= 11 is 0. The first-order valence-corrected chi connectivity index (χ1v) is 6.60. The second kappa shape index (κ2) is 7.27. The summed E-state index contributed by atoms with van der Waals surface area (Å²) in [4.78, 5) is 0. The molecule has 0 heterocycles. The third-order valence-electron chi connectivity index (χ3n) is 2.69. The summed E-state index contributed by atoms with van der Waals surface area (Å²) < 4.78 is 0. The van der Waals surface area contributed by atoms with Gasteiger partial charge in [-0.1, -0.05) is 33.6 Å². The Morgan fingerprint density at radius 3 is 2.13 bits per heavy atom. The van der Waals surface area contributed by atoms with Gasteiger partial charge in [0.2, 0.25) is 0 Å². The van der Waals surface area contributed by atoms with E-state index in [0.717, 1.165) is 11.8 Å². The van der Waals surface area contributed by atoms with Crippen LogP contribution in [-0.2, 0) is 0 Å². The van der Waals surface area contributed by atoms with Crippen LogP contribution in [0.4, 0.5) is 0 Å². The molecule has 0 amide bonds. The number of unbranched alkanes of at least 4 members (excludes halogenated alkanes) is 1. The summed E-state index contributed by atoms with van der Waals surface area (Å²) in [5.74, 6) is 1.69. The first-order chi connectivity index (χ1) is 6.85.